The van der Waals surface area contributed by atoms with E-state index in [2.05, 4.69) is 10.6 Å². The Bertz CT molecular complexity index is 639. The molecule has 0 aromatic carbocycles. The summed E-state index contributed by atoms with van der Waals surface area (Å²) in [4.78, 5) is 61.2. The van der Waals surface area contributed by atoms with Gasteiger partial charge < -0.3 is 55.3 Å². The molecule has 0 saturated heterocycles. The van der Waals surface area contributed by atoms with Gasteiger partial charge in [0.2, 0.25) is 11.8 Å². The molecule has 16 nitrogen and oxygen atoms in total. The minimum atomic E-state index is -1.42. The van der Waals surface area contributed by atoms with E-state index in [1.54, 1.807) is 0 Å². The fourth-order valence-corrected chi connectivity index (χ4v) is 2.91. The molecule has 0 unspecified atom stereocenters. The SMILES string of the molecule is COCCNC(=O)CN(CCN(CCN(CC(=O)[O-])CC(=O)NCCOC)CC(=O)[O-])CC(=O)[O-].[Gd+3].[OH3+]. The van der Waals surface area contributed by atoms with Crippen LogP contribution in [0.2, 0.25) is 0 Å². The minimum absolute atomic E-state index is 0. The second-order valence-electron chi connectivity index (χ2n) is 7.50. The van der Waals surface area contributed by atoms with Crippen molar-refractivity contribution in [3.8, 4) is 0 Å². The van der Waals surface area contributed by atoms with Gasteiger partial charge in [0.1, 0.15) is 0 Å². The van der Waals surface area contributed by atoms with Gasteiger partial charge >= 0.3 is 39.9 Å². The van der Waals surface area contributed by atoms with E-state index in [-0.39, 0.29) is 111 Å². The molecule has 0 aliphatic heterocycles. The van der Waals surface area contributed by atoms with Crippen LogP contribution in [0.25, 0.3) is 0 Å². The predicted octanol–water partition coefficient (Wildman–Crippen LogP) is -8.25. The molecule has 0 aromatic rings. The Kier molecular flexibility index (Phi) is 26.7. The first-order valence-corrected chi connectivity index (χ1v) is 10.8. The van der Waals surface area contributed by atoms with Crippen molar-refractivity contribution in [1.29, 1.82) is 0 Å². The standard InChI is InChI=1S/C20H37N5O10.Gd.H2O/c1-34-9-3-21-16(26)11-24(14-19(30)31)7-5-23(13-18(28)29)6-8-25(15-20(32)33)12-17(27)22-4-10-35-2;;/h3-15H2,1-2H3,(H,21,26)(H,22,27)(H,28,29)(H,30,31)(H,32,33);;1H2/q;+3;/p-2. The predicted molar refractivity (Wildman–Crippen MR) is 119 cm³/mol. The van der Waals surface area contributed by atoms with Gasteiger partial charge in [0.15, 0.2) is 0 Å². The summed E-state index contributed by atoms with van der Waals surface area (Å²) in [7, 11) is 2.92. The zero-order chi connectivity index (χ0) is 26.6. The average molecular weight is 681 g/mol. The van der Waals surface area contributed by atoms with Gasteiger partial charge in [-0.3, -0.25) is 24.3 Å². The first kappa shape index (κ1) is 39.9. The molecule has 0 spiro atoms. The number of carboxylic acids is 3. The van der Waals surface area contributed by atoms with Crippen LogP contribution >= 0.6 is 0 Å². The van der Waals surface area contributed by atoms with Gasteiger partial charge in [-0.1, -0.05) is 0 Å². The molecular weight excluding hydrogens is 643 g/mol. The van der Waals surface area contributed by atoms with Crippen LogP contribution in [-0.2, 0) is 38.9 Å². The summed E-state index contributed by atoms with van der Waals surface area (Å²) in [5.74, 6) is -5.14. The van der Waals surface area contributed by atoms with Crippen molar-refractivity contribution in [2.24, 2.45) is 0 Å². The molecule has 0 aromatic heterocycles. The van der Waals surface area contributed by atoms with Gasteiger partial charge in [0, 0.05) is 73.1 Å². The zero-order valence-electron chi connectivity index (χ0n) is 21.0. The topological polar surface area (TPSA) is 240 Å². The number of ether oxygens (including phenoxy) is 2. The van der Waals surface area contributed by atoms with Gasteiger partial charge in [-0.05, 0) is 0 Å². The molecule has 0 atom stereocenters. The number of aliphatic carboxylic acids is 3. The molecule has 5 N–H and O–H groups in total. The largest absolute Gasteiger partial charge is 3.00 e. The van der Waals surface area contributed by atoms with Gasteiger partial charge in [-0.25, -0.2) is 0 Å². The van der Waals surface area contributed by atoms with Gasteiger partial charge in [-0.15, -0.1) is 0 Å². The van der Waals surface area contributed by atoms with E-state index in [0.717, 1.165) is 0 Å². The first-order valence-electron chi connectivity index (χ1n) is 10.8. The van der Waals surface area contributed by atoms with Gasteiger partial charge in [0.05, 0.1) is 44.2 Å². The number of methoxy groups -OCH3 is 2. The Balaban J connectivity index is -0.00000578. The van der Waals surface area contributed by atoms with E-state index >= 15 is 0 Å². The third-order valence-corrected chi connectivity index (χ3v) is 4.51. The summed E-state index contributed by atoms with van der Waals surface area (Å²) in [6, 6.07) is 0. The van der Waals surface area contributed by atoms with E-state index in [1.807, 2.05) is 0 Å². The molecule has 2 amide bonds. The number of hydrogen-bond acceptors (Lipinski definition) is 13. The fourth-order valence-electron chi connectivity index (χ4n) is 2.91. The normalized spacial score (nSPS) is 10.5. The summed E-state index contributed by atoms with van der Waals surface area (Å²) in [6.45, 7) is -1.13. The van der Waals surface area contributed by atoms with E-state index in [0.29, 0.717) is 0 Å². The fraction of sp³-hybridized carbons (Fsp3) is 0.750. The van der Waals surface area contributed by atoms with Crippen LogP contribution < -0.4 is 26.0 Å². The molecule has 37 heavy (non-hydrogen) atoms. The molecular formula is C20H37GdN5O11+. The number of nitrogens with zero attached hydrogens (tertiary/aromatic N) is 3. The van der Waals surface area contributed by atoms with Crippen LogP contribution in [0, 0.1) is 39.9 Å². The molecule has 0 fully saturated rings. The summed E-state index contributed by atoms with van der Waals surface area (Å²) in [5.41, 5.74) is 0. The van der Waals surface area contributed by atoms with E-state index < -0.39 is 49.4 Å². The third-order valence-electron chi connectivity index (χ3n) is 4.51. The second kappa shape index (κ2) is 24.8. The van der Waals surface area contributed by atoms with Crippen molar-refractivity contribution in [3.05, 3.63) is 0 Å². The number of amides is 2. The van der Waals surface area contributed by atoms with Crippen LogP contribution in [0.5, 0.6) is 0 Å². The first-order chi connectivity index (χ1) is 16.6. The maximum Gasteiger partial charge on any atom is 3.00 e. The summed E-state index contributed by atoms with van der Waals surface area (Å²) < 4.78 is 9.64. The Morgan fingerprint density at radius 1 is 0.595 bits per heavy atom. The average Bonchev–Trinajstić information content (AvgIpc) is 2.74. The van der Waals surface area contributed by atoms with Crippen LogP contribution in [0.15, 0.2) is 0 Å². The van der Waals surface area contributed by atoms with E-state index in [9.17, 15) is 39.3 Å². The summed E-state index contributed by atoms with van der Waals surface area (Å²) in [6.07, 6.45) is 0. The molecule has 0 saturated carbocycles. The quantitative estimate of drug-likeness (QED) is 0.0799. The Labute approximate surface area is 247 Å². The number of carboxylic acid groups (broad SMARTS) is 3. The number of carbonyl (C=O) groups excluding carboxylic acids is 5. The molecule has 215 valence electrons. The zero-order valence-corrected chi connectivity index (χ0v) is 23.3. The number of hydrogen-bond donors (Lipinski definition) is 2. The van der Waals surface area contributed by atoms with Crippen molar-refractivity contribution in [1.82, 2.24) is 25.3 Å². The third kappa shape index (κ3) is 24.5. The van der Waals surface area contributed by atoms with Crippen molar-refractivity contribution >= 4 is 29.7 Å². The molecule has 0 aliphatic rings. The smallest absolute Gasteiger partial charge is 0.549 e. The van der Waals surface area contributed by atoms with Crippen molar-refractivity contribution in [2.75, 3.05) is 99.4 Å². The Morgan fingerprint density at radius 3 is 1.19 bits per heavy atom. The monoisotopic (exact) mass is 681 g/mol. The summed E-state index contributed by atoms with van der Waals surface area (Å²) in [5, 5.41) is 38.4. The second-order valence-corrected chi connectivity index (χ2v) is 7.50. The number of rotatable bonds is 22. The van der Waals surface area contributed by atoms with Crippen LogP contribution in [0.1, 0.15) is 0 Å². The van der Waals surface area contributed by atoms with Crippen LogP contribution in [0.3, 0.4) is 0 Å². The number of carbonyl (C=O) groups is 5. The van der Waals surface area contributed by atoms with Crippen molar-refractivity contribution < 1.29 is 94.2 Å². The number of nitrogens with one attached hydrogen (secondary N) is 2. The van der Waals surface area contributed by atoms with Crippen LogP contribution in [0.4, 0.5) is 0 Å². The summed E-state index contributed by atoms with van der Waals surface area (Å²) >= 11 is 0. The van der Waals surface area contributed by atoms with E-state index in [4.69, 9.17) is 9.47 Å². The molecule has 0 heterocycles. The van der Waals surface area contributed by atoms with Gasteiger partial charge in [-0.2, -0.15) is 0 Å². The molecule has 0 rings (SSSR count). The molecule has 1 radical (unpaired) electrons. The van der Waals surface area contributed by atoms with Crippen molar-refractivity contribution in [3.63, 3.8) is 0 Å². The van der Waals surface area contributed by atoms with E-state index in [1.165, 1.54) is 28.9 Å². The molecule has 0 bridgehead atoms. The maximum absolute atomic E-state index is 12.0. The minimum Gasteiger partial charge on any atom is -0.549 e. The van der Waals surface area contributed by atoms with Crippen LogP contribution in [-0.4, -0.2) is 144 Å². The Morgan fingerprint density at radius 2 is 0.892 bits per heavy atom. The van der Waals surface area contributed by atoms with Gasteiger partial charge in [0.25, 0.3) is 0 Å². The molecule has 17 heteroatoms. The Hall–Kier alpha value is -1.57. The molecule has 0 aliphatic carbocycles. The van der Waals surface area contributed by atoms with Crippen molar-refractivity contribution in [2.45, 2.75) is 0 Å². The maximum atomic E-state index is 12.0.